The second-order valence-electron chi connectivity index (χ2n) is 7.75. The van der Waals surface area contributed by atoms with Crippen molar-refractivity contribution in [2.24, 2.45) is 7.05 Å². The highest BCUT2D eigenvalue weighted by atomic mass is 16.4. The molecule has 0 spiro atoms. The normalized spacial score (nSPS) is 14.1. The van der Waals surface area contributed by atoms with Crippen molar-refractivity contribution < 1.29 is 15.0 Å². The van der Waals surface area contributed by atoms with E-state index in [1.807, 2.05) is 39.3 Å². The van der Waals surface area contributed by atoms with Crippen molar-refractivity contribution in [2.45, 2.75) is 25.3 Å². The number of pyridine rings is 1. The zero-order chi connectivity index (χ0) is 20.2. The first-order valence-electron chi connectivity index (χ1n) is 9.23. The SMILES string of the molecule is CN(C)Cc1cc2cc(-c3[nH]c(=O)c(C(=O)O)c(O)c3C3CC3)ccc2n1C. The van der Waals surface area contributed by atoms with E-state index in [4.69, 9.17) is 0 Å². The number of carboxylic acid groups (broad SMARTS) is 1. The number of aromatic amines is 1. The minimum absolute atomic E-state index is 0.0701. The number of aromatic nitrogens is 2. The fraction of sp³-hybridized carbons (Fsp3) is 0.333. The number of carboxylic acids is 1. The number of aromatic carboxylic acids is 1. The minimum Gasteiger partial charge on any atom is -0.506 e. The van der Waals surface area contributed by atoms with E-state index >= 15 is 0 Å². The van der Waals surface area contributed by atoms with Gasteiger partial charge in [0.05, 0.1) is 5.69 Å². The maximum Gasteiger partial charge on any atom is 0.345 e. The molecule has 1 aromatic carbocycles. The summed E-state index contributed by atoms with van der Waals surface area (Å²) in [6.07, 6.45) is 1.73. The van der Waals surface area contributed by atoms with Gasteiger partial charge in [-0.15, -0.1) is 0 Å². The Hall–Kier alpha value is -3.06. The topological polar surface area (TPSA) is 98.6 Å². The summed E-state index contributed by atoms with van der Waals surface area (Å²) in [4.78, 5) is 28.5. The number of H-pyrrole nitrogens is 1. The number of benzene rings is 1. The van der Waals surface area contributed by atoms with Crippen molar-refractivity contribution in [1.82, 2.24) is 14.5 Å². The molecule has 3 aromatic rings. The highest BCUT2D eigenvalue weighted by Gasteiger charge is 2.33. The van der Waals surface area contributed by atoms with Gasteiger partial charge in [0.25, 0.3) is 5.56 Å². The molecule has 0 saturated heterocycles. The number of nitrogens with zero attached hydrogens (tertiary/aromatic N) is 2. The lowest BCUT2D eigenvalue weighted by molar-refractivity contribution is 0.0691. The van der Waals surface area contributed by atoms with Crippen LogP contribution in [-0.4, -0.2) is 44.7 Å². The standard InChI is InChI=1S/C21H23N3O4/c1-23(2)10-14-9-13-8-12(6-7-15(13)24(14)3)18-16(11-4-5-11)19(25)17(21(27)28)20(26)22-18/h6-9,11H,4-5,10H2,1-3H3,(H,27,28)(H2,22,25,26). The van der Waals surface area contributed by atoms with Crippen LogP contribution in [0.25, 0.3) is 22.2 Å². The summed E-state index contributed by atoms with van der Waals surface area (Å²) in [5, 5.41) is 20.9. The summed E-state index contributed by atoms with van der Waals surface area (Å²) in [6.45, 7) is 0.804. The largest absolute Gasteiger partial charge is 0.506 e. The molecule has 1 fully saturated rings. The number of rotatable bonds is 5. The Morgan fingerprint density at radius 3 is 2.61 bits per heavy atom. The Morgan fingerprint density at radius 1 is 1.29 bits per heavy atom. The molecule has 4 rings (SSSR count). The lowest BCUT2D eigenvalue weighted by Gasteiger charge is -2.13. The Morgan fingerprint density at radius 2 is 2.00 bits per heavy atom. The van der Waals surface area contributed by atoms with Crippen LogP contribution in [0.2, 0.25) is 0 Å². The first-order chi connectivity index (χ1) is 13.3. The van der Waals surface area contributed by atoms with Crippen molar-refractivity contribution in [3.8, 4) is 17.0 Å². The zero-order valence-corrected chi connectivity index (χ0v) is 16.1. The lowest BCUT2D eigenvalue weighted by Crippen LogP contribution is -2.20. The summed E-state index contributed by atoms with van der Waals surface area (Å²) in [7, 11) is 6.05. The second-order valence-corrected chi connectivity index (χ2v) is 7.75. The second kappa shape index (κ2) is 6.53. The highest BCUT2D eigenvalue weighted by molar-refractivity contribution is 5.93. The van der Waals surface area contributed by atoms with Gasteiger partial charge in [0, 0.05) is 35.8 Å². The van der Waals surface area contributed by atoms with Crippen molar-refractivity contribution >= 4 is 16.9 Å². The average molecular weight is 381 g/mol. The van der Waals surface area contributed by atoms with E-state index in [1.165, 1.54) is 0 Å². The van der Waals surface area contributed by atoms with E-state index in [0.717, 1.165) is 41.5 Å². The van der Waals surface area contributed by atoms with Gasteiger partial charge in [-0.1, -0.05) is 6.07 Å². The summed E-state index contributed by atoms with van der Waals surface area (Å²) in [6, 6.07) is 7.98. The van der Waals surface area contributed by atoms with Gasteiger partial charge in [-0.05, 0) is 56.6 Å². The maximum atomic E-state index is 12.3. The van der Waals surface area contributed by atoms with Crippen LogP contribution in [0.1, 0.15) is 40.4 Å². The quantitative estimate of drug-likeness (QED) is 0.631. The Kier molecular flexibility index (Phi) is 4.27. The van der Waals surface area contributed by atoms with Crippen molar-refractivity contribution in [3.05, 3.63) is 51.4 Å². The summed E-state index contributed by atoms with van der Waals surface area (Å²) in [5.41, 5.74) is 2.67. The smallest absolute Gasteiger partial charge is 0.345 e. The van der Waals surface area contributed by atoms with E-state index in [2.05, 4.69) is 20.5 Å². The predicted molar refractivity (Wildman–Crippen MR) is 107 cm³/mol. The van der Waals surface area contributed by atoms with E-state index in [0.29, 0.717) is 11.3 Å². The molecule has 0 bridgehead atoms. The van der Waals surface area contributed by atoms with E-state index in [9.17, 15) is 19.8 Å². The molecule has 0 radical (unpaired) electrons. The number of hydrogen-bond acceptors (Lipinski definition) is 4. The molecule has 3 N–H and O–H groups in total. The van der Waals surface area contributed by atoms with Gasteiger partial charge in [0.1, 0.15) is 5.75 Å². The van der Waals surface area contributed by atoms with Gasteiger partial charge in [-0.2, -0.15) is 0 Å². The monoisotopic (exact) mass is 381 g/mol. The third kappa shape index (κ3) is 2.97. The Balaban J connectivity index is 1.90. The number of hydrogen-bond donors (Lipinski definition) is 3. The van der Waals surface area contributed by atoms with Crippen molar-refractivity contribution in [1.29, 1.82) is 0 Å². The number of nitrogens with one attached hydrogen (secondary N) is 1. The maximum absolute atomic E-state index is 12.3. The van der Waals surface area contributed by atoms with Gasteiger partial charge >= 0.3 is 5.97 Å². The molecule has 7 nitrogen and oxygen atoms in total. The lowest BCUT2D eigenvalue weighted by atomic mass is 9.98. The molecule has 0 atom stereocenters. The summed E-state index contributed by atoms with van der Waals surface area (Å²) in [5.74, 6) is -1.75. The van der Waals surface area contributed by atoms with Gasteiger partial charge < -0.3 is 24.7 Å². The van der Waals surface area contributed by atoms with Gasteiger partial charge in [0.15, 0.2) is 5.56 Å². The first-order valence-corrected chi connectivity index (χ1v) is 9.23. The average Bonchev–Trinajstić information content (AvgIpc) is 3.39. The molecule has 0 unspecified atom stereocenters. The van der Waals surface area contributed by atoms with Crippen molar-refractivity contribution in [3.63, 3.8) is 0 Å². The molecule has 1 saturated carbocycles. The molecule has 2 heterocycles. The minimum atomic E-state index is -1.42. The highest BCUT2D eigenvalue weighted by Crippen LogP contribution is 2.48. The fourth-order valence-corrected chi connectivity index (χ4v) is 3.84. The molecule has 2 aromatic heterocycles. The molecule has 1 aliphatic rings. The molecule has 28 heavy (non-hydrogen) atoms. The van der Waals surface area contributed by atoms with Gasteiger partial charge in [0.2, 0.25) is 0 Å². The van der Waals surface area contributed by atoms with Crippen LogP contribution in [0.15, 0.2) is 29.1 Å². The third-order valence-electron chi connectivity index (χ3n) is 5.34. The first kappa shape index (κ1) is 18.3. The van der Waals surface area contributed by atoms with Crippen LogP contribution in [0.4, 0.5) is 0 Å². The Labute approximate surface area is 161 Å². The third-order valence-corrected chi connectivity index (χ3v) is 5.34. The number of fused-ring (bicyclic) bond motifs is 1. The van der Waals surface area contributed by atoms with Gasteiger partial charge in [-0.25, -0.2) is 4.79 Å². The summed E-state index contributed by atoms with van der Waals surface area (Å²) < 4.78 is 2.13. The molecular weight excluding hydrogens is 358 g/mol. The molecule has 7 heteroatoms. The van der Waals surface area contributed by atoms with E-state index in [1.54, 1.807) is 0 Å². The van der Waals surface area contributed by atoms with E-state index < -0.39 is 22.8 Å². The molecule has 0 amide bonds. The van der Waals surface area contributed by atoms with Crippen LogP contribution >= 0.6 is 0 Å². The number of aromatic hydroxyl groups is 1. The van der Waals surface area contributed by atoms with Crippen LogP contribution in [0, 0.1) is 0 Å². The van der Waals surface area contributed by atoms with Crippen LogP contribution in [0.5, 0.6) is 5.75 Å². The number of aryl methyl sites for hydroxylation is 1. The molecular formula is C21H23N3O4. The Bertz CT molecular complexity index is 1150. The fourth-order valence-electron chi connectivity index (χ4n) is 3.84. The van der Waals surface area contributed by atoms with Gasteiger partial charge in [-0.3, -0.25) is 4.79 Å². The van der Waals surface area contributed by atoms with Crippen LogP contribution in [0.3, 0.4) is 0 Å². The summed E-state index contributed by atoms with van der Waals surface area (Å²) >= 11 is 0. The number of carbonyl (C=O) groups is 1. The van der Waals surface area contributed by atoms with Crippen molar-refractivity contribution in [2.75, 3.05) is 14.1 Å². The van der Waals surface area contributed by atoms with Crippen LogP contribution in [-0.2, 0) is 13.6 Å². The predicted octanol–water partition coefficient (Wildman–Crippen LogP) is 2.88. The van der Waals surface area contributed by atoms with Crippen LogP contribution < -0.4 is 5.56 Å². The molecule has 146 valence electrons. The molecule has 1 aliphatic carbocycles. The van der Waals surface area contributed by atoms with E-state index in [-0.39, 0.29) is 5.92 Å². The zero-order valence-electron chi connectivity index (χ0n) is 16.1. The molecule has 0 aliphatic heterocycles.